The van der Waals surface area contributed by atoms with Crippen LogP contribution in [0.4, 0.5) is 11.4 Å². The highest BCUT2D eigenvalue weighted by molar-refractivity contribution is 5.49. The van der Waals surface area contributed by atoms with Gasteiger partial charge in [0.05, 0.1) is 0 Å². The molecule has 2 aromatic rings. The lowest BCUT2D eigenvalue weighted by atomic mass is 10.1. The van der Waals surface area contributed by atoms with Crippen molar-refractivity contribution in [1.29, 1.82) is 0 Å². The second kappa shape index (κ2) is 6.84. The van der Waals surface area contributed by atoms with Crippen LogP contribution in [0.3, 0.4) is 0 Å². The van der Waals surface area contributed by atoms with Gasteiger partial charge in [-0.3, -0.25) is 4.90 Å². The maximum absolute atomic E-state index is 5.75. The number of benzene rings is 2. The fraction of sp³-hybridized carbons (Fsp3) is 0.368. The summed E-state index contributed by atoms with van der Waals surface area (Å²) in [5, 5.41) is 0. The molecule has 3 heteroatoms. The first-order chi connectivity index (χ1) is 10.7. The zero-order valence-electron chi connectivity index (χ0n) is 13.3. The van der Waals surface area contributed by atoms with Crippen LogP contribution in [0, 0.1) is 0 Å². The van der Waals surface area contributed by atoms with Gasteiger partial charge in [-0.1, -0.05) is 31.2 Å². The van der Waals surface area contributed by atoms with Gasteiger partial charge in [0.15, 0.2) is 0 Å². The molecule has 22 heavy (non-hydrogen) atoms. The molecule has 3 nitrogen and oxygen atoms in total. The average molecular weight is 295 g/mol. The summed E-state index contributed by atoms with van der Waals surface area (Å²) < 4.78 is 0. The maximum Gasteiger partial charge on any atom is 0.0369 e. The van der Waals surface area contributed by atoms with Crippen molar-refractivity contribution in [3.63, 3.8) is 0 Å². The molecule has 0 radical (unpaired) electrons. The molecule has 116 valence electrons. The van der Waals surface area contributed by atoms with Crippen molar-refractivity contribution >= 4 is 11.4 Å². The van der Waals surface area contributed by atoms with Crippen LogP contribution < -0.4 is 10.6 Å². The zero-order chi connectivity index (χ0) is 15.4. The summed E-state index contributed by atoms with van der Waals surface area (Å²) in [6.07, 6.45) is 1.10. The molecule has 0 saturated carbocycles. The Kier molecular flexibility index (Phi) is 4.64. The molecule has 1 saturated heterocycles. The normalized spacial score (nSPS) is 16.0. The summed E-state index contributed by atoms with van der Waals surface area (Å²) in [6.45, 7) is 7.65. The van der Waals surface area contributed by atoms with Crippen molar-refractivity contribution in [3.05, 3.63) is 59.7 Å². The standard InChI is InChI=1S/C19H25N3/c1-2-16-4-3-5-19(14-16)22-12-10-21(11-13-22)15-17-6-8-18(20)9-7-17/h3-9,14H,2,10-13,15,20H2,1H3. The Hall–Kier alpha value is -2.00. The first-order valence-corrected chi connectivity index (χ1v) is 8.15. The molecule has 1 fully saturated rings. The predicted octanol–water partition coefficient (Wildman–Crippen LogP) is 3.15. The molecule has 1 aliphatic heterocycles. The number of aryl methyl sites for hydroxylation is 1. The van der Waals surface area contributed by atoms with E-state index in [1.54, 1.807) is 0 Å². The number of piperazine rings is 1. The molecular formula is C19H25N3. The third-order valence-corrected chi connectivity index (χ3v) is 4.44. The molecule has 0 atom stereocenters. The minimum absolute atomic E-state index is 0.837. The van der Waals surface area contributed by atoms with Crippen molar-refractivity contribution in [2.75, 3.05) is 36.8 Å². The van der Waals surface area contributed by atoms with E-state index in [2.05, 4.69) is 53.1 Å². The topological polar surface area (TPSA) is 32.5 Å². The molecule has 3 rings (SSSR count). The lowest BCUT2D eigenvalue weighted by Crippen LogP contribution is -2.46. The van der Waals surface area contributed by atoms with Crippen LogP contribution in [0.1, 0.15) is 18.1 Å². The van der Waals surface area contributed by atoms with Gasteiger partial charge in [0.1, 0.15) is 0 Å². The number of rotatable bonds is 4. The third kappa shape index (κ3) is 3.60. The Bertz CT molecular complexity index is 598. The van der Waals surface area contributed by atoms with E-state index in [4.69, 9.17) is 5.73 Å². The highest BCUT2D eigenvalue weighted by Gasteiger charge is 2.17. The van der Waals surface area contributed by atoms with Gasteiger partial charge >= 0.3 is 0 Å². The molecule has 1 aliphatic rings. The monoisotopic (exact) mass is 295 g/mol. The van der Waals surface area contributed by atoms with Gasteiger partial charge < -0.3 is 10.6 Å². The van der Waals surface area contributed by atoms with E-state index in [-0.39, 0.29) is 0 Å². The first-order valence-electron chi connectivity index (χ1n) is 8.15. The second-order valence-electron chi connectivity index (χ2n) is 6.03. The Balaban J connectivity index is 1.56. The van der Waals surface area contributed by atoms with Crippen LogP contribution >= 0.6 is 0 Å². The maximum atomic E-state index is 5.75. The van der Waals surface area contributed by atoms with Crippen molar-refractivity contribution in [1.82, 2.24) is 4.90 Å². The highest BCUT2D eigenvalue weighted by Crippen LogP contribution is 2.19. The summed E-state index contributed by atoms with van der Waals surface area (Å²) in [4.78, 5) is 5.02. The molecule has 0 aliphatic carbocycles. The molecule has 2 aromatic carbocycles. The number of hydrogen-bond donors (Lipinski definition) is 1. The fourth-order valence-electron chi connectivity index (χ4n) is 3.02. The van der Waals surface area contributed by atoms with Gasteiger partial charge in [-0.05, 0) is 41.8 Å². The minimum atomic E-state index is 0.837. The molecule has 2 N–H and O–H groups in total. The number of nitrogen functional groups attached to an aromatic ring is 1. The van der Waals surface area contributed by atoms with Crippen LogP contribution in [0.5, 0.6) is 0 Å². The largest absolute Gasteiger partial charge is 0.399 e. The molecule has 1 heterocycles. The zero-order valence-corrected chi connectivity index (χ0v) is 13.3. The van der Waals surface area contributed by atoms with Gasteiger partial charge in [0, 0.05) is 44.1 Å². The van der Waals surface area contributed by atoms with Crippen LogP contribution in [0.15, 0.2) is 48.5 Å². The second-order valence-corrected chi connectivity index (χ2v) is 6.03. The highest BCUT2D eigenvalue weighted by atomic mass is 15.3. The minimum Gasteiger partial charge on any atom is -0.399 e. The SMILES string of the molecule is CCc1cccc(N2CCN(Cc3ccc(N)cc3)CC2)c1. The average Bonchev–Trinajstić information content (AvgIpc) is 2.58. The van der Waals surface area contributed by atoms with E-state index in [9.17, 15) is 0 Å². The van der Waals surface area contributed by atoms with Gasteiger partial charge in [-0.15, -0.1) is 0 Å². The Morgan fingerprint density at radius 2 is 1.64 bits per heavy atom. The summed E-state index contributed by atoms with van der Waals surface area (Å²) in [5.74, 6) is 0. The molecule has 0 unspecified atom stereocenters. The Morgan fingerprint density at radius 1 is 0.909 bits per heavy atom. The molecular weight excluding hydrogens is 270 g/mol. The van der Waals surface area contributed by atoms with E-state index < -0.39 is 0 Å². The molecule has 0 aromatic heterocycles. The van der Waals surface area contributed by atoms with E-state index >= 15 is 0 Å². The summed E-state index contributed by atoms with van der Waals surface area (Å²) in [7, 11) is 0. The lowest BCUT2D eigenvalue weighted by molar-refractivity contribution is 0.250. The van der Waals surface area contributed by atoms with Crippen LogP contribution in [0.25, 0.3) is 0 Å². The van der Waals surface area contributed by atoms with Crippen LogP contribution in [-0.4, -0.2) is 31.1 Å². The van der Waals surface area contributed by atoms with E-state index in [1.165, 1.54) is 16.8 Å². The van der Waals surface area contributed by atoms with Crippen molar-refractivity contribution < 1.29 is 0 Å². The number of nitrogens with two attached hydrogens (primary N) is 1. The van der Waals surface area contributed by atoms with E-state index in [0.29, 0.717) is 0 Å². The Morgan fingerprint density at radius 3 is 2.32 bits per heavy atom. The van der Waals surface area contributed by atoms with E-state index in [0.717, 1.165) is 44.8 Å². The van der Waals surface area contributed by atoms with Crippen molar-refractivity contribution in [3.8, 4) is 0 Å². The quantitative estimate of drug-likeness (QED) is 0.880. The first kappa shape index (κ1) is 14.9. The molecule has 0 bridgehead atoms. The fourth-order valence-corrected chi connectivity index (χ4v) is 3.02. The summed E-state index contributed by atoms with van der Waals surface area (Å²) in [5.41, 5.74) is 10.7. The number of anilines is 2. The lowest BCUT2D eigenvalue weighted by Gasteiger charge is -2.36. The van der Waals surface area contributed by atoms with Gasteiger partial charge in [0.2, 0.25) is 0 Å². The van der Waals surface area contributed by atoms with Crippen molar-refractivity contribution in [2.24, 2.45) is 0 Å². The third-order valence-electron chi connectivity index (χ3n) is 4.44. The number of nitrogens with zero attached hydrogens (tertiary/aromatic N) is 2. The summed E-state index contributed by atoms with van der Waals surface area (Å²) in [6, 6.07) is 17.2. The van der Waals surface area contributed by atoms with Crippen molar-refractivity contribution in [2.45, 2.75) is 19.9 Å². The van der Waals surface area contributed by atoms with E-state index in [1.807, 2.05) is 12.1 Å². The van der Waals surface area contributed by atoms with Crippen LogP contribution in [0.2, 0.25) is 0 Å². The smallest absolute Gasteiger partial charge is 0.0369 e. The predicted molar refractivity (Wildman–Crippen MR) is 94.2 cm³/mol. The molecule has 0 spiro atoms. The van der Waals surface area contributed by atoms with Gasteiger partial charge in [0.25, 0.3) is 0 Å². The summed E-state index contributed by atoms with van der Waals surface area (Å²) >= 11 is 0. The van der Waals surface area contributed by atoms with Crippen LogP contribution in [-0.2, 0) is 13.0 Å². The molecule has 0 amide bonds. The Labute approximate surface area is 133 Å². The van der Waals surface area contributed by atoms with Gasteiger partial charge in [-0.2, -0.15) is 0 Å². The number of hydrogen-bond acceptors (Lipinski definition) is 3. The van der Waals surface area contributed by atoms with Gasteiger partial charge in [-0.25, -0.2) is 0 Å².